The average Bonchev–Trinajstić information content (AvgIpc) is 3.19. The van der Waals surface area contributed by atoms with Gasteiger partial charge in [-0.3, -0.25) is 4.72 Å². The van der Waals surface area contributed by atoms with Crippen molar-refractivity contribution < 1.29 is 12.8 Å². The van der Waals surface area contributed by atoms with Crippen LogP contribution in [0.1, 0.15) is 18.4 Å². The summed E-state index contributed by atoms with van der Waals surface area (Å²) in [6.45, 7) is 3.71. The minimum atomic E-state index is -3.72. The maximum atomic E-state index is 12.6. The molecule has 0 radical (unpaired) electrons. The number of anilines is 1. The summed E-state index contributed by atoms with van der Waals surface area (Å²) in [5, 5.41) is 9.93. The van der Waals surface area contributed by atoms with Crippen molar-refractivity contribution in [3.63, 3.8) is 0 Å². The number of halogens is 1. The van der Waals surface area contributed by atoms with E-state index in [-0.39, 0.29) is 4.21 Å². The van der Waals surface area contributed by atoms with Crippen LogP contribution in [0.3, 0.4) is 0 Å². The van der Waals surface area contributed by atoms with Crippen molar-refractivity contribution in [3.05, 3.63) is 46.1 Å². The standard InChI is InChI=1S/C15H14ClN3O3S2/c1-3-13-17-18-15(22-13)10-6-14(23-8-10)24(20,21)19-12-7-11(16)5-4-9(12)2/h4-8,19H,3H2,1-2H3. The van der Waals surface area contributed by atoms with Crippen LogP contribution < -0.4 is 4.72 Å². The average molecular weight is 384 g/mol. The molecule has 126 valence electrons. The van der Waals surface area contributed by atoms with Crippen LogP contribution in [0.4, 0.5) is 5.69 Å². The fourth-order valence-corrected chi connectivity index (χ4v) is 4.43. The maximum Gasteiger partial charge on any atom is 0.271 e. The molecule has 0 aliphatic heterocycles. The molecule has 3 aromatic rings. The fourth-order valence-electron chi connectivity index (χ4n) is 1.98. The third kappa shape index (κ3) is 3.45. The molecule has 0 saturated carbocycles. The van der Waals surface area contributed by atoms with E-state index in [9.17, 15) is 8.42 Å². The molecule has 0 fully saturated rings. The molecule has 0 atom stereocenters. The quantitative estimate of drug-likeness (QED) is 0.716. The van der Waals surface area contributed by atoms with E-state index in [2.05, 4.69) is 14.9 Å². The second-order valence-electron chi connectivity index (χ2n) is 5.07. The Morgan fingerprint density at radius 2 is 2.08 bits per heavy atom. The van der Waals surface area contributed by atoms with Gasteiger partial charge in [-0.2, -0.15) is 0 Å². The van der Waals surface area contributed by atoms with Gasteiger partial charge in [-0.05, 0) is 30.7 Å². The zero-order valence-corrected chi connectivity index (χ0v) is 15.3. The molecule has 0 aliphatic carbocycles. The monoisotopic (exact) mass is 383 g/mol. The molecule has 1 aromatic carbocycles. The Hall–Kier alpha value is -1.90. The SMILES string of the molecule is CCc1nnc(-c2csc(S(=O)(=O)Nc3cc(Cl)ccc3C)c2)o1. The second kappa shape index (κ2) is 6.54. The van der Waals surface area contributed by atoms with Crippen molar-refractivity contribution in [2.45, 2.75) is 24.5 Å². The van der Waals surface area contributed by atoms with Gasteiger partial charge in [0.1, 0.15) is 4.21 Å². The zero-order chi connectivity index (χ0) is 17.3. The predicted octanol–water partition coefficient (Wildman–Crippen LogP) is 4.12. The summed E-state index contributed by atoms with van der Waals surface area (Å²) in [7, 11) is -3.72. The van der Waals surface area contributed by atoms with Crippen LogP contribution in [-0.2, 0) is 16.4 Å². The normalized spacial score (nSPS) is 11.6. The van der Waals surface area contributed by atoms with Crippen LogP contribution in [0, 0.1) is 6.92 Å². The lowest BCUT2D eigenvalue weighted by molar-refractivity contribution is 0.513. The Kier molecular flexibility index (Phi) is 4.62. The maximum absolute atomic E-state index is 12.6. The summed E-state index contributed by atoms with van der Waals surface area (Å²) in [4.78, 5) is 0. The van der Waals surface area contributed by atoms with Gasteiger partial charge in [-0.15, -0.1) is 21.5 Å². The number of nitrogens with zero attached hydrogens (tertiary/aromatic N) is 2. The number of thiophene rings is 1. The van der Waals surface area contributed by atoms with Gasteiger partial charge >= 0.3 is 0 Å². The Labute approximate surface area is 148 Å². The highest BCUT2D eigenvalue weighted by Gasteiger charge is 2.20. The molecule has 2 heterocycles. The molecule has 0 amide bonds. The molecule has 0 unspecified atom stereocenters. The molecule has 0 aliphatic rings. The first kappa shape index (κ1) is 16.9. The highest BCUT2D eigenvalue weighted by molar-refractivity contribution is 7.94. The van der Waals surface area contributed by atoms with Crippen molar-refractivity contribution in [2.24, 2.45) is 0 Å². The molecule has 24 heavy (non-hydrogen) atoms. The van der Waals surface area contributed by atoms with E-state index in [1.807, 2.05) is 6.92 Å². The summed E-state index contributed by atoms with van der Waals surface area (Å²) in [6.07, 6.45) is 0.623. The number of aromatic nitrogens is 2. The summed E-state index contributed by atoms with van der Waals surface area (Å²) in [6, 6.07) is 6.55. The molecule has 1 N–H and O–H groups in total. The van der Waals surface area contributed by atoms with Crippen molar-refractivity contribution in [1.29, 1.82) is 0 Å². The molecule has 3 rings (SSSR count). The molecule has 0 bridgehead atoms. The largest absolute Gasteiger partial charge is 0.421 e. The Balaban J connectivity index is 1.89. The molecular formula is C15H14ClN3O3S2. The lowest BCUT2D eigenvalue weighted by Gasteiger charge is -2.09. The minimum absolute atomic E-state index is 0.160. The fraction of sp³-hybridized carbons (Fsp3) is 0.200. The van der Waals surface area contributed by atoms with E-state index in [0.717, 1.165) is 16.9 Å². The second-order valence-corrected chi connectivity index (χ2v) is 8.33. The number of sulfonamides is 1. The summed E-state index contributed by atoms with van der Waals surface area (Å²) >= 11 is 7.02. The third-order valence-corrected chi connectivity index (χ3v) is 6.34. The van der Waals surface area contributed by atoms with Gasteiger partial charge in [0.25, 0.3) is 10.0 Å². The first-order chi connectivity index (χ1) is 11.4. The van der Waals surface area contributed by atoms with Crippen molar-refractivity contribution in [1.82, 2.24) is 10.2 Å². The van der Waals surface area contributed by atoms with Crippen LogP contribution >= 0.6 is 22.9 Å². The predicted molar refractivity (Wildman–Crippen MR) is 94.0 cm³/mol. The smallest absolute Gasteiger partial charge is 0.271 e. The van der Waals surface area contributed by atoms with Gasteiger partial charge in [0.2, 0.25) is 11.8 Å². The van der Waals surface area contributed by atoms with Crippen molar-refractivity contribution >= 4 is 38.6 Å². The van der Waals surface area contributed by atoms with E-state index in [1.165, 1.54) is 6.07 Å². The third-order valence-electron chi connectivity index (χ3n) is 3.30. The summed E-state index contributed by atoms with van der Waals surface area (Å²) < 4.78 is 33.3. The summed E-state index contributed by atoms with van der Waals surface area (Å²) in [5.74, 6) is 0.816. The lowest BCUT2D eigenvalue weighted by Crippen LogP contribution is -2.12. The first-order valence-electron chi connectivity index (χ1n) is 7.09. The van der Waals surface area contributed by atoms with Crippen LogP contribution in [-0.4, -0.2) is 18.6 Å². The van der Waals surface area contributed by atoms with Gasteiger partial charge in [-0.1, -0.05) is 24.6 Å². The van der Waals surface area contributed by atoms with Crippen LogP contribution in [0.5, 0.6) is 0 Å². The number of hydrogen-bond acceptors (Lipinski definition) is 6. The van der Waals surface area contributed by atoms with Crippen LogP contribution in [0.15, 0.2) is 38.3 Å². The topological polar surface area (TPSA) is 85.1 Å². The lowest BCUT2D eigenvalue weighted by atomic mass is 10.2. The van der Waals surface area contributed by atoms with E-state index in [1.54, 1.807) is 30.5 Å². The molecule has 0 saturated heterocycles. The number of hydrogen-bond donors (Lipinski definition) is 1. The minimum Gasteiger partial charge on any atom is -0.421 e. The zero-order valence-electron chi connectivity index (χ0n) is 12.9. The van der Waals surface area contributed by atoms with Crippen molar-refractivity contribution in [3.8, 4) is 11.5 Å². The van der Waals surface area contributed by atoms with Gasteiger partial charge < -0.3 is 4.42 Å². The number of aryl methyl sites for hydroxylation is 2. The Bertz CT molecular complexity index is 980. The van der Waals surface area contributed by atoms with Gasteiger partial charge in [0.15, 0.2) is 0 Å². The summed E-state index contributed by atoms with van der Waals surface area (Å²) in [5.41, 5.74) is 1.81. The Morgan fingerprint density at radius 1 is 1.29 bits per heavy atom. The molecule has 9 heteroatoms. The number of nitrogens with one attached hydrogen (secondary N) is 1. The highest BCUT2D eigenvalue weighted by atomic mass is 35.5. The van der Waals surface area contributed by atoms with Gasteiger partial charge in [-0.25, -0.2) is 8.42 Å². The number of benzene rings is 1. The van der Waals surface area contributed by atoms with Gasteiger partial charge in [0.05, 0.1) is 11.3 Å². The van der Waals surface area contributed by atoms with Gasteiger partial charge in [0, 0.05) is 16.8 Å². The molecule has 6 nitrogen and oxygen atoms in total. The van der Waals surface area contributed by atoms with E-state index < -0.39 is 10.0 Å². The molecular weight excluding hydrogens is 370 g/mol. The van der Waals surface area contributed by atoms with Crippen molar-refractivity contribution in [2.75, 3.05) is 4.72 Å². The molecule has 0 spiro atoms. The van der Waals surface area contributed by atoms with Crippen LogP contribution in [0.25, 0.3) is 11.5 Å². The van der Waals surface area contributed by atoms with E-state index in [0.29, 0.717) is 34.5 Å². The van der Waals surface area contributed by atoms with E-state index >= 15 is 0 Å². The Morgan fingerprint density at radius 3 is 2.79 bits per heavy atom. The number of rotatable bonds is 5. The highest BCUT2D eigenvalue weighted by Crippen LogP contribution is 2.30. The van der Waals surface area contributed by atoms with Crippen LogP contribution in [0.2, 0.25) is 5.02 Å². The first-order valence-corrected chi connectivity index (χ1v) is 9.83. The molecule has 2 aromatic heterocycles. The van der Waals surface area contributed by atoms with E-state index in [4.69, 9.17) is 16.0 Å².